The number of nitrogens with zero attached hydrogens (tertiary/aromatic N) is 6. The van der Waals surface area contributed by atoms with Crippen molar-refractivity contribution in [2.24, 2.45) is 11.8 Å². The summed E-state index contributed by atoms with van der Waals surface area (Å²) in [5.74, 6) is 5.19. The molecule has 6 fully saturated rings. The van der Waals surface area contributed by atoms with Crippen molar-refractivity contribution in [2.75, 3.05) is 50.8 Å². The topological polar surface area (TPSA) is 58.0 Å². The van der Waals surface area contributed by atoms with E-state index in [1.807, 2.05) is 23.5 Å². The minimum absolute atomic E-state index is 0.622. The van der Waals surface area contributed by atoms with Crippen molar-refractivity contribution >= 4 is 47.0 Å². The monoisotopic (exact) mass is 508 g/mol. The van der Waals surface area contributed by atoms with E-state index in [0.29, 0.717) is 11.8 Å². The lowest BCUT2D eigenvalue weighted by Crippen LogP contribution is -2.46. The molecular formula is C22H32N6S4. The molecule has 6 nitrogen and oxygen atoms in total. The predicted octanol–water partition coefficient (Wildman–Crippen LogP) is 4.67. The average molecular weight is 509 g/mol. The Morgan fingerprint density at radius 3 is 1.47 bits per heavy atom. The molecular weight excluding hydrogens is 477 g/mol. The summed E-state index contributed by atoms with van der Waals surface area (Å²) in [7, 11) is 0. The first kappa shape index (κ1) is 22.2. The largest absolute Gasteiger partial charge is 0.303 e. The van der Waals surface area contributed by atoms with Gasteiger partial charge in [0.1, 0.15) is 10.1 Å². The van der Waals surface area contributed by atoms with E-state index in [1.54, 1.807) is 0 Å². The SMILES string of the molecule is C(CCSc1nsnc1C1CN2CCC1CC2)CSc1nsnc1C1CN2CCC1CC2. The van der Waals surface area contributed by atoms with Gasteiger partial charge in [-0.15, -0.1) is 23.5 Å². The Bertz CT molecular complexity index is 814. The number of unbranched alkanes of at least 4 members (excludes halogenated alkanes) is 1. The van der Waals surface area contributed by atoms with E-state index >= 15 is 0 Å². The van der Waals surface area contributed by atoms with Crippen molar-refractivity contribution in [1.29, 1.82) is 0 Å². The number of hydrogen-bond acceptors (Lipinski definition) is 10. The van der Waals surface area contributed by atoms with E-state index in [1.165, 1.54) is 123 Å². The molecule has 2 unspecified atom stereocenters. The summed E-state index contributed by atoms with van der Waals surface area (Å²) in [5.41, 5.74) is 2.61. The molecule has 2 atom stereocenters. The minimum Gasteiger partial charge on any atom is -0.303 e. The first-order valence-corrected chi connectivity index (χ1v) is 15.6. The Balaban J connectivity index is 0.957. The zero-order valence-corrected chi connectivity index (χ0v) is 21.8. The molecule has 0 saturated carbocycles. The molecule has 6 saturated heterocycles. The highest BCUT2D eigenvalue weighted by Gasteiger charge is 2.38. The molecule has 10 heteroatoms. The minimum atomic E-state index is 0.622. The summed E-state index contributed by atoms with van der Waals surface area (Å²) < 4.78 is 18.8. The Labute approximate surface area is 208 Å². The van der Waals surface area contributed by atoms with Gasteiger partial charge >= 0.3 is 0 Å². The molecule has 174 valence electrons. The van der Waals surface area contributed by atoms with E-state index in [2.05, 4.69) is 18.5 Å². The van der Waals surface area contributed by atoms with Crippen molar-refractivity contribution in [2.45, 2.75) is 60.4 Å². The Hall–Kier alpha value is -0.260. The average Bonchev–Trinajstić information content (AvgIpc) is 3.52. The van der Waals surface area contributed by atoms with Gasteiger partial charge in [0, 0.05) is 24.9 Å². The third-order valence-corrected chi connectivity index (χ3v) is 11.4. The van der Waals surface area contributed by atoms with Crippen molar-refractivity contribution < 1.29 is 0 Å². The Kier molecular flexibility index (Phi) is 7.05. The second kappa shape index (κ2) is 10.2. The molecule has 8 rings (SSSR count). The molecule has 6 aliphatic heterocycles. The molecule has 6 aliphatic rings. The normalized spacial score (nSPS) is 33.8. The van der Waals surface area contributed by atoms with Crippen LogP contribution in [0.15, 0.2) is 10.1 Å². The van der Waals surface area contributed by atoms with Gasteiger partial charge in [0.2, 0.25) is 0 Å². The van der Waals surface area contributed by atoms with Gasteiger partial charge in [-0.3, -0.25) is 0 Å². The van der Waals surface area contributed by atoms with E-state index in [-0.39, 0.29) is 0 Å². The first-order chi connectivity index (χ1) is 15.8. The highest BCUT2D eigenvalue weighted by atomic mass is 32.2. The Morgan fingerprint density at radius 1 is 0.656 bits per heavy atom. The molecule has 0 amide bonds. The standard InChI is InChI=1S/C22H32N6S4/c1(11-29-21-19(23-31-25-21)17-13-27-7-3-15(17)4-8-27)2-12-30-22-20(24-32-26-22)18-14-28-9-5-16(18)6-10-28/h15-18H,1-14H2. The highest BCUT2D eigenvalue weighted by Crippen LogP contribution is 2.42. The van der Waals surface area contributed by atoms with Gasteiger partial charge in [0.15, 0.2) is 0 Å². The maximum atomic E-state index is 4.74. The van der Waals surface area contributed by atoms with Gasteiger partial charge in [0.05, 0.1) is 34.8 Å². The molecule has 4 bridgehead atoms. The summed E-state index contributed by atoms with van der Waals surface area (Å²) in [6, 6.07) is 0. The number of rotatable bonds is 9. The first-order valence-electron chi connectivity index (χ1n) is 12.2. The van der Waals surface area contributed by atoms with Crippen LogP contribution in [0, 0.1) is 11.8 Å². The fourth-order valence-corrected chi connectivity index (χ4v) is 9.67. The number of fused-ring (bicyclic) bond motifs is 6. The van der Waals surface area contributed by atoms with Crippen LogP contribution >= 0.6 is 47.0 Å². The quantitative estimate of drug-likeness (QED) is 0.358. The fraction of sp³-hybridized carbons (Fsp3) is 0.818. The lowest BCUT2D eigenvalue weighted by Gasteiger charge is -2.44. The molecule has 0 N–H and O–H groups in total. The molecule has 0 aromatic carbocycles. The molecule has 2 aromatic heterocycles. The lowest BCUT2D eigenvalue weighted by atomic mass is 9.78. The van der Waals surface area contributed by atoms with E-state index < -0.39 is 0 Å². The van der Waals surface area contributed by atoms with Crippen LogP contribution in [0.25, 0.3) is 0 Å². The van der Waals surface area contributed by atoms with Gasteiger partial charge in [-0.2, -0.15) is 17.5 Å². The summed E-state index contributed by atoms with van der Waals surface area (Å²) >= 11 is 6.69. The van der Waals surface area contributed by atoms with Gasteiger partial charge < -0.3 is 9.80 Å². The van der Waals surface area contributed by atoms with Crippen LogP contribution in [0.2, 0.25) is 0 Å². The molecule has 32 heavy (non-hydrogen) atoms. The summed E-state index contributed by atoms with van der Waals surface area (Å²) in [6.45, 7) is 7.54. The van der Waals surface area contributed by atoms with Gasteiger partial charge in [-0.1, -0.05) is 0 Å². The van der Waals surface area contributed by atoms with Crippen LogP contribution < -0.4 is 0 Å². The van der Waals surface area contributed by atoms with Crippen LogP contribution in [-0.4, -0.2) is 78.1 Å². The van der Waals surface area contributed by atoms with Crippen LogP contribution in [0.4, 0.5) is 0 Å². The zero-order valence-electron chi connectivity index (χ0n) is 18.5. The third kappa shape index (κ3) is 4.64. The predicted molar refractivity (Wildman–Crippen MR) is 134 cm³/mol. The maximum Gasteiger partial charge on any atom is 0.134 e. The summed E-state index contributed by atoms with van der Waals surface area (Å²) in [6.07, 6.45) is 7.82. The third-order valence-electron chi connectivity index (χ3n) is 8.00. The summed E-state index contributed by atoms with van der Waals surface area (Å²) in [5, 5.41) is 2.43. The van der Waals surface area contributed by atoms with Crippen molar-refractivity contribution in [3.8, 4) is 0 Å². The Morgan fingerprint density at radius 2 is 1.09 bits per heavy atom. The molecule has 0 radical (unpaired) electrons. The second-order valence-corrected chi connectivity index (χ2v) is 13.0. The van der Waals surface area contributed by atoms with Gasteiger partial charge in [-0.25, -0.2) is 0 Å². The van der Waals surface area contributed by atoms with Gasteiger partial charge in [-0.05, 0) is 88.0 Å². The fourth-order valence-electron chi connectivity index (χ4n) is 6.12. The van der Waals surface area contributed by atoms with Crippen molar-refractivity contribution in [3.63, 3.8) is 0 Å². The molecule has 0 spiro atoms. The van der Waals surface area contributed by atoms with Crippen LogP contribution in [0.3, 0.4) is 0 Å². The number of piperidine rings is 6. The van der Waals surface area contributed by atoms with E-state index in [0.717, 1.165) is 23.3 Å². The number of aromatic nitrogens is 4. The van der Waals surface area contributed by atoms with Crippen molar-refractivity contribution in [3.05, 3.63) is 11.4 Å². The smallest absolute Gasteiger partial charge is 0.134 e. The second-order valence-electron chi connectivity index (χ2n) is 9.80. The zero-order chi connectivity index (χ0) is 21.3. The number of thioether (sulfide) groups is 2. The molecule has 0 aliphatic carbocycles. The van der Waals surface area contributed by atoms with E-state index in [4.69, 9.17) is 8.75 Å². The van der Waals surface area contributed by atoms with Crippen LogP contribution in [-0.2, 0) is 0 Å². The van der Waals surface area contributed by atoms with Gasteiger partial charge in [0.25, 0.3) is 0 Å². The van der Waals surface area contributed by atoms with Crippen LogP contribution in [0.5, 0.6) is 0 Å². The summed E-state index contributed by atoms with van der Waals surface area (Å²) in [4.78, 5) is 5.24. The van der Waals surface area contributed by atoms with E-state index in [9.17, 15) is 0 Å². The van der Waals surface area contributed by atoms with Crippen molar-refractivity contribution in [1.82, 2.24) is 27.3 Å². The lowest BCUT2D eigenvalue weighted by molar-refractivity contribution is 0.0846. The molecule has 2 aromatic rings. The number of hydrogen-bond donors (Lipinski definition) is 0. The van der Waals surface area contributed by atoms with Crippen LogP contribution in [0.1, 0.15) is 61.7 Å². The molecule has 8 heterocycles. The highest BCUT2D eigenvalue weighted by molar-refractivity contribution is 7.99. The maximum absolute atomic E-state index is 4.74.